The minimum atomic E-state index is -0.410. The second kappa shape index (κ2) is 6.76. The van der Waals surface area contributed by atoms with Gasteiger partial charge >= 0.3 is 6.09 Å². The van der Waals surface area contributed by atoms with E-state index in [9.17, 15) is 4.79 Å². The highest BCUT2D eigenvalue weighted by Crippen LogP contribution is 2.16. The molecular weight excluding hydrogens is 254 g/mol. The average molecular weight is 283 g/mol. The molecule has 116 valence electrons. The highest BCUT2D eigenvalue weighted by atomic mass is 16.6. The summed E-state index contributed by atoms with van der Waals surface area (Å²) in [7, 11) is 0. The topological polar surface area (TPSA) is 53.6 Å². The summed E-state index contributed by atoms with van der Waals surface area (Å²) in [6.07, 6.45) is 4.41. The van der Waals surface area contributed by atoms with Gasteiger partial charge in [0.25, 0.3) is 0 Å². The first-order valence-electron chi connectivity index (χ1n) is 7.89. The van der Waals surface area contributed by atoms with Gasteiger partial charge in [0.1, 0.15) is 5.60 Å². The summed E-state index contributed by atoms with van der Waals surface area (Å²) in [6, 6.07) is 1.01. The summed E-state index contributed by atoms with van der Waals surface area (Å²) in [5.41, 5.74) is -0.410. The van der Waals surface area contributed by atoms with Gasteiger partial charge in [-0.2, -0.15) is 0 Å². The van der Waals surface area contributed by atoms with Crippen LogP contribution in [0, 0.1) is 0 Å². The monoisotopic (exact) mass is 283 g/mol. The second-order valence-corrected chi connectivity index (χ2v) is 6.96. The Kier molecular flexibility index (Phi) is 5.27. The first-order valence-corrected chi connectivity index (χ1v) is 7.89. The lowest BCUT2D eigenvalue weighted by Crippen LogP contribution is -2.53. The zero-order valence-electron chi connectivity index (χ0n) is 13.1. The van der Waals surface area contributed by atoms with Crippen LogP contribution >= 0.6 is 0 Å². The fourth-order valence-corrected chi connectivity index (χ4v) is 2.93. The summed E-state index contributed by atoms with van der Waals surface area (Å²) < 4.78 is 5.46. The number of carbonyl (C=O) groups is 1. The molecule has 0 aliphatic carbocycles. The van der Waals surface area contributed by atoms with Gasteiger partial charge in [-0.3, -0.25) is 0 Å². The van der Waals surface area contributed by atoms with Gasteiger partial charge in [0.15, 0.2) is 0 Å². The zero-order valence-corrected chi connectivity index (χ0v) is 13.1. The van der Waals surface area contributed by atoms with Crippen LogP contribution in [0.4, 0.5) is 4.79 Å². The Balaban J connectivity index is 1.80. The van der Waals surface area contributed by atoms with Crippen molar-refractivity contribution < 1.29 is 9.53 Å². The van der Waals surface area contributed by atoms with Crippen LogP contribution in [0.3, 0.4) is 0 Å². The van der Waals surface area contributed by atoms with Gasteiger partial charge in [0.2, 0.25) is 0 Å². The van der Waals surface area contributed by atoms with E-state index in [0.717, 1.165) is 39.0 Å². The number of carbonyl (C=O) groups excluding carboxylic acids is 1. The molecule has 0 bridgehead atoms. The number of nitrogens with one attached hydrogen (secondary N) is 2. The Morgan fingerprint density at radius 2 is 1.90 bits per heavy atom. The average Bonchev–Trinajstić information content (AvgIpc) is 2.38. The maximum atomic E-state index is 12.1. The van der Waals surface area contributed by atoms with Gasteiger partial charge in [-0.1, -0.05) is 0 Å². The summed E-state index contributed by atoms with van der Waals surface area (Å²) in [5.74, 6) is 0. The van der Waals surface area contributed by atoms with Crippen LogP contribution < -0.4 is 10.6 Å². The second-order valence-electron chi connectivity index (χ2n) is 6.96. The summed E-state index contributed by atoms with van der Waals surface area (Å²) >= 11 is 0. The highest BCUT2D eigenvalue weighted by Gasteiger charge is 2.28. The third-order valence-corrected chi connectivity index (χ3v) is 3.88. The standard InChI is InChI=1S/C15H29N3O2/c1-15(2,3)20-14(19)18-10-4-5-13(11-18)17-12-6-8-16-9-7-12/h12-13,16-17H,4-11H2,1-3H3/t13-/m1/s1. The Morgan fingerprint density at radius 3 is 2.55 bits per heavy atom. The number of ether oxygens (including phenoxy) is 1. The van der Waals surface area contributed by atoms with Gasteiger partial charge in [0, 0.05) is 25.2 Å². The molecule has 20 heavy (non-hydrogen) atoms. The number of amides is 1. The zero-order chi connectivity index (χ0) is 14.6. The van der Waals surface area contributed by atoms with Crippen molar-refractivity contribution in [1.29, 1.82) is 0 Å². The van der Waals surface area contributed by atoms with Crippen molar-refractivity contribution in [3.05, 3.63) is 0 Å². The molecule has 0 aromatic carbocycles. The summed E-state index contributed by atoms with van der Waals surface area (Å²) in [5, 5.41) is 7.10. The normalized spacial score (nSPS) is 25.6. The van der Waals surface area contributed by atoms with E-state index in [1.807, 2.05) is 25.7 Å². The molecule has 1 atom stereocenters. The molecule has 5 nitrogen and oxygen atoms in total. The van der Waals surface area contributed by atoms with Crippen LogP contribution in [0.5, 0.6) is 0 Å². The fraction of sp³-hybridized carbons (Fsp3) is 0.933. The fourth-order valence-electron chi connectivity index (χ4n) is 2.93. The van der Waals surface area contributed by atoms with E-state index in [0.29, 0.717) is 12.1 Å². The van der Waals surface area contributed by atoms with Crippen molar-refractivity contribution in [1.82, 2.24) is 15.5 Å². The lowest BCUT2D eigenvalue weighted by Gasteiger charge is -2.37. The maximum absolute atomic E-state index is 12.1. The number of hydrogen-bond donors (Lipinski definition) is 2. The minimum Gasteiger partial charge on any atom is -0.444 e. The molecule has 0 aromatic rings. The SMILES string of the molecule is CC(C)(C)OC(=O)N1CCC[C@@H](NC2CCNCC2)C1. The third-order valence-electron chi connectivity index (χ3n) is 3.88. The number of hydrogen-bond acceptors (Lipinski definition) is 4. The smallest absolute Gasteiger partial charge is 0.410 e. The molecule has 2 fully saturated rings. The molecule has 2 aliphatic heterocycles. The van der Waals surface area contributed by atoms with Crippen LogP contribution in [0.2, 0.25) is 0 Å². The summed E-state index contributed by atoms with van der Waals surface area (Å²) in [6.45, 7) is 9.54. The van der Waals surface area contributed by atoms with E-state index in [1.165, 1.54) is 12.8 Å². The minimum absolute atomic E-state index is 0.172. The Bertz CT molecular complexity index is 322. The van der Waals surface area contributed by atoms with E-state index in [2.05, 4.69) is 10.6 Å². The maximum Gasteiger partial charge on any atom is 0.410 e. The van der Waals surface area contributed by atoms with Crippen LogP contribution in [0.15, 0.2) is 0 Å². The molecule has 2 saturated heterocycles. The lowest BCUT2D eigenvalue weighted by molar-refractivity contribution is 0.0181. The number of piperidine rings is 2. The van der Waals surface area contributed by atoms with Crippen molar-refractivity contribution in [2.24, 2.45) is 0 Å². The van der Waals surface area contributed by atoms with Crippen molar-refractivity contribution in [3.63, 3.8) is 0 Å². The predicted octanol–water partition coefficient (Wildman–Crippen LogP) is 1.73. The first kappa shape index (κ1) is 15.6. The van der Waals surface area contributed by atoms with E-state index in [1.54, 1.807) is 0 Å². The molecule has 1 amide bonds. The van der Waals surface area contributed by atoms with Crippen molar-refractivity contribution in [3.8, 4) is 0 Å². The molecule has 0 saturated carbocycles. The van der Waals surface area contributed by atoms with E-state index < -0.39 is 5.60 Å². The predicted molar refractivity (Wildman–Crippen MR) is 79.9 cm³/mol. The van der Waals surface area contributed by atoms with E-state index in [4.69, 9.17) is 4.74 Å². The van der Waals surface area contributed by atoms with Gasteiger partial charge in [-0.05, 0) is 59.5 Å². The van der Waals surface area contributed by atoms with Crippen LogP contribution in [-0.4, -0.2) is 54.9 Å². The first-order chi connectivity index (χ1) is 9.44. The van der Waals surface area contributed by atoms with Crippen molar-refractivity contribution >= 4 is 6.09 Å². The highest BCUT2D eigenvalue weighted by molar-refractivity contribution is 5.68. The lowest BCUT2D eigenvalue weighted by atomic mass is 10.0. The number of nitrogens with zero attached hydrogens (tertiary/aromatic N) is 1. The Hall–Kier alpha value is -0.810. The molecule has 0 unspecified atom stereocenters. The Labute approximate surface area is 122 Å². The molecular formula is C15H29N3O2. The van der Waals surface area contributed by atoms with E-state index >= 15 is 0 Å². The molecule has 2 N–H and O–H groups in total. The molecule has 5 heteroatoms. The van der Waals surface area contributed by atoms with Gasteiger partial charge in [0.05, 0.1) is 0 Å². The molecule has 0 radical (unpaired) electrons. The number of likely N-dealkylation sites (tertiary alicyclic amines) is 1. The molecule has 2 aliphatic rings. The largest absolute Gasteiger partial charge is 0.444 e. The van der Waals surface area contributed by atoms with Crippen LogP contribution in [-0.2, 0) is 4.74 Å². The quantitative estimate of drug-likeness (QED) is 0.810. The molecule has 0 aromatic heterocycles. The molecule has 0 spiro atoms. The van der Waals surface area contributed by atoms with Crippen molar-refractivity contribution in [2.75, 3.05) is 26.2 Å². The van der Waals surface area contributed by atoms with Crippen LogP contribution in [0.25, 0.3) is 0 Å². The molecule has 2 rings (SSSR count). The van der Waals surface area contributed by atoms with E-state index in [-0.39, 0.29) is 6.09 Å². The molecule has 2 heterocycles. The number of rotatable bonds is 2. The van der Waals surface area contributed by atoms with Gasteiger partial charge < -0.3 is 20.3 Å². The summed E-state index contributed by atoms with van der Waals surface area (Å²) in [4.78, 5) is 14.0. The van der Waals surface area contributed by atoms with Crippen LogP contribution in [0.1, 0.15) is 46.5 Å². The third kappa shape index (κ3) is 4.94. The Morgan fingerprint density at radius 1 is 1.20 bits per heavy atom. The van der Waals surface area contributed by atoms with Gasteiger partial charge in [-0.25, -0.2) is 4.79 Å². The van der Waals surface area contributed by atoms with Crippen molar-refractivity contribution in [2.45, 2.75) is 64.1 Å². The van der Waals surface area contributed by atoms with Gasteiger partial charge in [-0.15, -0.1) is 0 Å².